The van der Waals surface area contributed by atoms with Crippen LogP contribution in [-0.2, 0) is 0 Å². The summed E-state index contributed by atoms with van der Waals surface area (Å²) in [5.74, 6) is -1.71. The molecular weight excluding hydrogens is 445 g/mol. The van der Waals surface area contributed by atoms with Crippen LogP contribution >= 0.6 is 15.9 Å². The molecule has 4 rings (SSSR count). The number of halogens is 2. The van der Waals surface area contributed by atoms with Crippen LogP contribution in [0.5, 0.6) is 11.5 Å². The van der Waals surface area contributed by atoms with E-state index in [1.54, 1.807) is 18.9 Å². The topological polar surface area (TPSA) is 94.1 Å². The van der Waals surface area contributed by atoms with Gasteiger partial charge in [-0.15, -0.1) is 0 Å². The molecular formula is C21H19BrFNO5. The van der Waals surface area contributed by atoms with Crippen molar-refractivity contribution in [2.24, 2.45) is 0 Å². The maximum absolute atomic E-state index is 13.8. The van der Waals surface area contributed by atoms with Crippen LogP contribution in [0.4, 0.5) is 4.39 Å². The highest BCUT2D eigenvalue weighted by Crippen LogP contribution is 2.47. The Morgan fingerprint density at radius 1 is 1.24 bits per heavy atom. The van der Waals surface area contributed by atoms with E-state index in [9.17, 15) is 24.5 Å². The highest BCUT2D eigenvalue weighted by Gasteiger charge is 2.45. The third-order valence-electron chi connectivity index (χ3n) is 5.73. The Kier molecular flexibility index (Phi) is 4.68. The number of benzene rings is 2. The van der Waals surface area contributed by atoms with Gasteiger partial charge >= 0.3 is 0 Å². The van der Waals surface area contributed by atoms with Crippen LogP contribution in [0.25, 0.3) is 22.3 Å². The Labute approximate surface area is 173 Å². The lowest BCUT2D eigenvalue weighted by atomic mass is 9.87. The third kappa shape index (κ3) is 3.11. The van der Waals surface area contributed by atoms with Crippen LogP contribution in [-0.4, -0.2) is 39.5 Å². The van der Waals surface area contributed by atoms with Crippen molar-refractivity contribution in [2.45, 2.75) is 25.0 Å². The summed E-state index contributed by atoms with van der Waals surface area (Å²) in [6, 6.07) is 6.23. The van der Waals surface area contributed by atoms with E-state index in [-0.39, 0.29) is 28.0 Å². The van der Waals surface area contributed by atoms with Gasteiger partial charge < -0.3 is 19.7 Å². The summed E-state index contributed by atoms with van der Waals surface area (Å²) in [7, 11) is 1.76. The van der Waals surface area contributed by atoms with Gasteiger partial charge in [0.15, 0.2) is 5.43 Å². The van der Waals surface area contributed by atoms with Crippen molar-refractivity contribution >= 4 is 26.9 Å². The number of nitrogens with zero attached hydrogens (tertiary/aromatic N) is 1. The van der Waals surface area contributed by atoms with E-state index in [0.717, 1.165) is 6.07 Å². The number of phenolic OH excluding ortho intramolecular Hbond substituents is 2. The number of hydrogen-bond donors (Lipinski definition) is 3. The molecule has 0 aliphatic carbocycles. The fourth-order valence-corrected chi connectivity index (χ4v) is 4.43. The Morgan fingerprint density at radius 3 is 2.62 bits per heavy atom. The average Bonchev–Trinajstić information content (AvgIpc) is 2.90. The largest absolute Gasteiger partial charge is 0.507 e. The van der Waals surface area contributed by atoms with Gasteiger partial charge in [-0.25, -0.2) is 4.39 Å². The Balaban J connectivity index is 2.06. The van der Waals surface area contributed by atoms with Crippen LogP contribution in [0.1, 0.15) is 24.8 Å². The van der Waals surface area contributed by atoms with Gasteiger partial charge in [0, 0.05) is 40.2 Å². The molecule has 6 nitrogen and oxygen atoms in total. The van der Waals surface area contributed by atoms with Gasteiger partial charge in [0.25, 0.3) is 0 Å². The first-order chi connectivity index (χ1) is 13.6. The molecule has 29 heavy (non-hydrogen) atoms. The SMILES string of the molecule is CN1CCC(c2c(O)cc(O)c3c(=O)cc(-c4cc(F)ccc4Br)oc23)C1(C)O. The second-order valence-corrected chi connectivity index (χ2v) is 8.34. The fourth-order valence-electron chi connectivity index (χ4n) is 3.98. The number of hydrogen-bond acceptors (Lipinski definition) is 6. The van der Waals surface area contributed by atoms with Crippen LogP contribution in [0.2, 0.25) is 0 Å². The zero-order valence-electron chi connectivity index (χ0n) is 15.7. The van der Waals surface area contributed by atoms with E-state index in [1.165, 1.54) is 24.3 Å². The minimum absolute atomic E-state index is 0.0262. The predicted octanol–water partition coefficient (Wildman–Crippen LogP) is 3.90. The van der Waals surface area contributed by atoms with Crippen molar-refractivity contribution in [3.05, 3.63) is 56.4 Å². The molecule has 2 heterocycles. The molecule has 152 valence electrons. The van der Waals surface area contributed by atoms with E-state index in [1.807, 2.05) is 0 Å². The molecule has 0 bridgehead atoms. The van der Waals surface area contributed by atoms with Crippen molar-refractivity contribution in [3.8, 4) is 22.8 Å². The number of aromatic hydroxyl groups is 2. The Bertz CT molecular complexity index is 1190. The van der Waals surface area contributed by atoms with Gasteiger partial charge in [0.05, 0.1) is 0 Å². The van der Waals surface area contributed by atoms with Gasteiger partial charge in [-0.05, 0) is 38.6 Å². The molecule has 1 aliphatic heterocycles. The monoisotopic (exact) mass is 463 g/mol. The lowest BCUT2D eigenvalue weighted by molar-refractivity contribution is -0.0627. The van der Waals surface area contributed by atoms with Crippen LogP contribution in [0, 0.1) is 5.82 Å². The third-order valence-corrected chi connectivity index (χ3v) is 6.42. The highest BCUT2D eigenvalue weighted by atomic mass is 79.9. The van der Waals surface area contributed by atoms with Gasteiger partial charge in [0.2, 0.25) is 0 Å². The molecule has 1 fully saturated rings. The quantitative estimate of drug-likeness (QED) is 0.533. The number of likely N-dealkylation sites (N-methyl/N-ethyl adjacent to an activating group) is 1. The number of likely N-dealkylation sites (tertiary alicyclic amines) is 1. The summed E-state index contributed by atoms with van der Waals surface area (Å²) in [5, 5.41) is 31.7. The molecule has 8 heteroatoms. The Hall–Kier alpha value is -2.42. The normalized spacial score (nSPS) is 22.4. The van der Waals surface area contributed by atoms with E-state index in [4.69, 9.17) is 4.42 Å². The van der Waals surface area contributed by atoms with E-state index in [2.05, 4.69) is 15.9 Å². The first-order valence-corrected chi connectivity index (χ1v) is 9.82. The number of rotatable bonds is 2. The summed E-state index contributed by atoms with van der Waals surface area (Å²) in [6.07, 6.45) is 0.508. The average molecular weight is 464 g/mol. The summed E-state index contributed by atoms with van der Waals surface area (Å²) in [6.45, 7) is 2.19. The summed E-state index contributed by atoms with van der Waals surface area (Å²) < 4.78 is 20.3. The molecule has 0 amide bonds. The lowest BCUT2D eigenvalue weighted by Gasteiger charge is -2.32. The highest BCUT2D eigenvalue weighted by molar-refractivity contribution is 9.10. The number of phenols is 2. The Morgan fingerprint density at radius 2 is 1.97 bits per heavy atom. The summed E-state index contributed by atoms with van der Waals surface area (Å²) >= 11 is 3.32. The van der Waals surface area contributed by atoms with Crippen molar-refractivity contribution < 1.29 is 24.1 Å². The molecule has 2 aromatic carbocycles. The second kappa shape index (κ2) is 6.83. The first kappa shape index (κ1) is 19.9. The molecule has 1 saturated heterocycles. The molecule has 1 aliphatic rings. The fraction of sp³-hybridized carbons (Fsp3) is 0.286. The van der Waals surface area contributed by atoms with Crippen molar-refractivity contribution in [2.75, 3.05) is 13.6 Å². The standard InChI is InChI=1S/C21H19BrFNO5/c1-21(28)12(5-6-24(21)2)18-14(25)8-15(26)19-16(27)9-17(29-20(18)19)11-7-10(23)3-4-13(11)22/h3-4,7-9,12,25-26,28H,5-6H2,1-2H3. The van der Waals surface area contributed by atoms with Crippen LogP contribution in [0.15, 0.2) is 44.0 Å². The van der Waals surface area contributed by atoms with Gasteiger partial charge in [0.1, 0.15) is 39.8 Å². The smallest absolute Gasteiger partial charge is 0.197 e. The first-order valence-electron chi connectivity index (χ1n) is 9.03. The van der Waals surface area contributed by atoms with Crippen molar-refractivity contribution in [1.29, 1.82) is 0 Å². The maximum atomic E-state index is 13.8. The van der Waals surface area contributed by atoms with Crippen molar-refractivity contribution in [1.82, 2.24) is 4.90 Å². The van der Waals surface area contributed by atoms with Crippen LogP contribution in [0.3, 0.4) is 0 Å². The molecule has 0 saturated carbocycles. The van der Waals surface area contributed by atoms with Gasteiger partial charge in [-0.2, -0.15) is 0 Å². The zero-order chi connectivity index (χ0) is 21.1. The van der Waals surface area contributed by atoms with E-state index >= 15 is 0 Å². The van der Waals surface area contributed by atoms with Crippen molar-refractivity contribution in [3.63, 3.8) is 0 Å². The predicted molar refractivity (Wildman–Crippen MR) is 110 cm³/mol. The lowest BCUT2D eigenvalue weighted by Crippen LogP contribution is -2.41. The molecule has 3 N–H and O–H groups in total. The molecule has 3 aromatic rings. The molecule has 2 unspecified atom stereocenters. The number of fused-ring (bicyclic) bond motifs is 1. The minimum Gasteiger partial charge on any atom is -0.507 e. The second-order valence-electron chi connectivity index (χ2n) is 7.49. The summed E-state index contributed by atoms with van der Waals surface area (Å²) in [5.41, 5.74) is -1.31. The molecule has 2 atom stereocenters. The van der Waals surface area contributed by atoms with E-state index < -0.39 is 28.6 Å². The van der Waals surface area contributed by atoms with Gasteiger partial charge in [-0.1, -0.05) is 15.9 Å². The van der Waals surface area contributed by atoms with Gasteiger partial charge in [-0.3, -0.25) is 9.69 Å². The minimum atomic E-state index is -1.30. The van der Waals surface area contributed by atoms with Crippen LogP contribution < -0.4 is 5.43 Å². The molecule has 0 radical (unpaired) electrons. The van der Waals surface area contributed by atoms with E-state index in [0.29, 0.717) is 23.0 Å². The maximum Gasteiger partial charge on any atom is 0.197 e. The summed E-state index contributed by atoms with van der Waals surface area (Å²) in [4.78, 5) is 14.5. The molecule has 1 aromatic heterocycles. The number of aliphatic hydroxyl groups is 1. The zero-order valence-corrected chi connectivity index (χ0v) is 17.3. The molecule has 0 spiro atoms.